The summed E-state index contributed by atoms with van der Waals surface area (Å²) in [7, 11) is 3.28. The van der Waals surface area contributed by atoms with Gasteiger partial charge in [-0.05, 0) is 68.2 Å². The number of rotatable bonds is 4. The van der Waals surface area contributed by atoms with Crippen molar-refractivity contribution < 1.29 is 9.47 Å². The van der Waals surface area contributed by atoms with E-state index < -0.39 is 0 Å². The Balaban J connectivity index is 1.83. The summed E-state index contributed by atoms with van der Waals surface area (Å²) in [6.07, 6.45) is 0.837. The van der Waals surface area contributed by atoms with Gasteiger partial charge < -0.3 is 19.4 Å². The Hall–Kier alpha value is -2.93. The van der Waals surface area contributed by atoms with E-state index in [4.69, 9.17) is 26.7 Å². The van der Waals surface area contributed by atoms with Crippen LogP contribution in [0.3, 0.4) is 0 Å². The van der Waals surface area contributed by atoms with Gasteiger partial charge >= 0.3 is 0 Å². The van der Waals surface area contributed by atoms with Crippen molar-refractivity contribution in [1.82, 2.24) is 14.5 Å². The predicted molar refractivity (Wildman–Crippen MR) is 117 cm³/mol. The summed E-state index contributed by atoms with van der Waals surface area (Å²) in [6, 6.07) is 8.27. The second-order valence-electron chi connectivity index (χ2n) is 7.32. The molecule has 2 heterocycles. The number of benzene rings is 2. The first kappa shape index (κ1) is 19.4. The fourth-order valence-corrected chi connectivity index (χ4v) is 4.21. The first-order valence-electron chi connectivity index (χ1n) is 9.50. The molecule has 3 aromatic rings. The number of fused-ring (bicyclic) bond motifs is 3. The lowest BCUT2D eigenvalue weighted by molar-refractivity contribution is 0.354. The van der Waals surface area contributed by atoms with E-state index in [-0.39, 0.29) is 0 Å². The van der Waals surface area contributed by atoms with Crippen LogP contribution >= 0.6 is 12.2 Å². The zero-order valence-electron chi connectivity index (χ0n) is 17.3. The van der Waals surface area contributed by atoms with Crippen LogP contribution in [0.25, 0.3) is 11.4 Å². The van der Waals surface area contributed by atoms with Crippen molar-refractivity contribution in [2.75, 3.05) is 19.5 Å². The quantitative estimate of drug-likeness (QED) is 0.619. The Labute approximate surface area is 175 Å². The molecule has 0 fully saturated rings. The highest BCUT2D eigenvalue weighted by Gasteiger charge is 2.22. The van der Waals surface area contributed by atoms with E-state index in [9.17, 15) is 0 Å². The van der Waals surface area contributed by atoms with Gasteiger partial charge in [0, 0.05) is 17.8 Å². The van der Waals surface area contributed by atoms with E-state index in [1.807, 2.05) is 16.7 Å². The van der Waals surface area contributed by atoms with Crippen LogP contribution < -0.4 is 14.8 Å². The third-order valence-electron chi connectivity index (χ3n) is 5.27. The van der Waals surface area contributed by atoms with E-state index in [1.165, 1.54) is 5.56 Å². The first-order valence-corrected chi connectivity index (χ1v) is 9.91. The average Bonchev–Trinajstić information content (AvgIpc) is 2.69. The van der Waals surface area contributed by atoms with Crippen LogP contribution in [-0.2, 0) is 13.0 Å². The molecule has 4 rings (SSSR count). The third kappa shape index (κ3) is 3.46. The van der Waals surface area contributed by atoms with Crippen LogP contribution in [0, 0.1) is 25.5 Å². The van der Waals surface area contributed by atoms with Crippen molar-refractivity contribution >= 4 is 23.9 Å². The maximum atomic E-state index is 5.58. The van der Waals surface area contributed by atoms with Gasteiger partial charge in [0.25, 0.3) is 0 Å². The maximum absolute atomic E-state index is 5.58. The average molecular weight is 409 g/mol. The Morgan fingerprint density at radius 3 is 2.28 bits per heavy atom. The summed E-state index contributed by atoms with van der Waals surface area (Å²) < 4.78 is 13.4. The van der Waals surface area contributed by atoms with Crippen molar-refractivity contribution in [2.45, 2.75) is 33.7 Å². The Morgan fingerprint density at radius 1 is 0.966 bits per heavy atom. The van der Waals surface area contributed by atoms with Gasteiger partial charge in [0.15, 0.2) is 11.5 Å². The molecule has 1 aromatic heterocycles. The van der Waals surface area contributed by atoms with E-state index in [2.05, 4.69) is 43.2 Å². The van der Waals surface area contributed by atoms with E-state index >= 15 is 0 Å². The highest BCUT2D eigenvalue weighted by atomic mass is 32.1. The summed E-state index contributed by atoms with van der Waals surface area (Å²) in [4.78, 5) is 9.36. The molecule has 29 heavy (non-hydrogen) atoms. The number of methoxy groups -OCH3 is 2. The lowest BCUT2D eigenvalue weighted by Gasteiger charge is -2.23. The molecule has 150 valence electrons. The normalized spacial score (nSPS) is 12.2. The highest BCUT2D eigenvalue weighted by molar-refractivity contribution is 7.71. The minimum atomic E-state index is 0.499. The molecule has 0 atom stereocenters. The smallest absolute Gasteiger partial charge is 0.231 e. The lowest BCUT2D eigenvalue weighted by Crippen LogP contribution is -2.18. The summed E-state index contributed by atoms with van der Waals surface area (Å²) in [6.45, 7) is 6.99. The van der Waals surface area contributed by atoms with E-state index in [0.29, 0.717) is 16.5 Å². The summed E-state index contributed by atoms with van der Waals surface area (Å²) in [5.74, 6) is 2.68. The van der Waals surface area contributed by atoms with Gasteiger partial charge in [0.05, 0.1) is 14.2 Å². The minimum Gasteiger partial charge on any atom is -0.493 e. The molecule has 0 unspecified atom stereocenters. The number of aromatic nitrogens is 3. The van der Waals surface area contributed by atoms with Crippen LogP contribution in [0.5, 0.6) is 11.5 Å². The van der Waals surface area contributed by atoms with Crippen LogP contribution in [0.15, 0.2) is 24.3 Å². The molecule has 0 radical (unpaired) electrons. The van der Waals surface area contributed by atoms with Gasteiger partial charge in [0.2, 0.25) is 10.7 Å². The van der Waals surface area contributed by atoms with Gasteiger partial charge in [-0.15, -0.1) is 0 Å². The van der Waals surface area contributed by atoms with E-state index in [1.54, 1.807) is 14.2 Å². The molecule has 2 aromatic carbocycles. The molecule has 0 aliphatic carbocycles. The lowest BCUT2D eigenvalue weighted by atomic mass is 9.99. The Kier molecular flexibility index (Phi) is 5.00. The summed E-state index contributed by atoms with van der Waals surface area (Å²) >= 11 is 5.58. The van der Waals surface area contributed by atoms with Crippen LogP contribution in [0.1, 0.15) is 22.3 Å². The molecule has 0 saturated heterocycles. The zero-order chi connectivity index (χ0) is 20.7. The second-order valence-corrected chi connectivity index (χ2v) is 7.68. The molecule has 7 heteroatoms. The van der Waals surface area contributed by atoms with Gasteiger partial charge in [-0.25, -0.2) is 0 Å². The number of hydrogen-bond donors (Lipinski definition) is 1. The Morgan fingerprint density at radius 2 is 1.62 bits per heavy atom. The summed E-state index contributed by atoms with van der Waals surface area (Å²) in [5.41, 5.74) is 6.68. The van der Waals surface area contributed by atoms with E-state index in [0.717, 1.165) is 52.5 Å². The van der Waals surface area contributed by atoms with Gasteiger partial charge in [0.1, 0.15) is 5.82 Å². The number of aryl methyl sites for hydroxylation is 4. The number of hydrogen-bond acceptors (Lipinski definition) is 6. The number of nitrogens with one attached hydrogen (secondary N) is 1. The Bertz CT molecular complexity index is 1150. The largest absolute Gasteiger partial charge is 0.493 e. The molecule has 0 bridgehead atoms. The van der Waals surface area contributed by atoms with Gasteiger partial charge in [-0.1, -0.05) is 17.7 Å². The maximum Gasteiger partial charge on any atom is 0.231 e. The fourth-order valence-electron chi connectivity index (χ4n) is 3.95. The van der Waals surface area contributed by atoms with Crippen LogP contribution in [0.4, 0.5) is 11.6 Å². The molecule has 0 saturated carbocycles. The molecule has 6 nitrogen and oxygen atoms in total. The minimum absolute atomic E-state index is 0.499. The first-order chi connectivity index (χ1) is 13.9. The molecule has 0 amide bonds. The zero-order valence-corrected chi connectivity index (χ0v) is 18.1. The molecular weight excluding hydrogens is 384 g/mol. The van der Waals surface area contributed by atoms with Crippen molar-refractivity contribution in [2.24, 2.45) is 0 Å². The SMILES string of the molecule is COc1cc2c(cc1OC)-c1nc(Nc3c(C)cc(C)cc3C)nc(=S)n1CC2. The van der Waals surface area contributed by atoms with Crippen molar-refractivity contribution in [1.29, 1.82) is 0 Å². The number of ether oxygens (including phenoxy) is 2. The van der Waals surface area contributed by atoms with Crippen molar-refractivity contribution in [3.63, 3.8) is 0 Å². The van der Waals surface area contributed by atoms with Gasteiger partial charge in [-0.3, -0.25) is 0 Å². The highest BCUT2D eigenvalue weighted by Crippen LogP contribution is 2.38. The van der Waals surface area contributed by atoms with Crippen LogP contribution in [-0.4, -0.2) is 28.8 Å². The summed E-state index contributed by atoms with van der Waals surface area (Å²) in [5, 5.41) is 3.38. The van der Waals surface area contributed by atoms with Crippen molar-refractivity contribution in [3.05, 3.63) is 51.3 Å². The predicted octanol–water partition coefficient (Wildman–Crippen LogP) is 4.92. The van der Waals surface area contributed by atoms with Crippen LogP contribution in [0.2, 0.25) is 0 Å². The molecular formula is C22H24N4O2S. The number of nitrogens with zero attached hydrogens (tertiary/aromatic N) is 3. The molecule has 1 N–H and O–H groups in total. The third-order valence-corrected chi connectivity index (χ3v) is 5.58. The van der Waals surface area contributed by atoms with Crippen molar-refractivity contribution in [3.8, 4) is 22.9 Å². The molecule has 0 spiro atoms. The monoisotopic (exact) mass is 408 g/mol. The topological polar surface area (TPSA) is 61.2 Å². The number of anilines is 2. The standard InChI is InChI=1S/C22H24N4O2S/c1-12-8-13(2)19(14(3)9-12)23-21-24-20-16-11-18(28-5)17(27-4)10-15(16)6-7-26(20)22(29)25-21/h8-11H,6-7H2,1-5H3,(H,23,25,29). The molecule has 1 aliphatic heterocycles. The fraction of sp³-hybridized carbons (Fsp3) is 0.318. The molecule has 1 aliphatic rings. The second kappa shape index (κ2) is 7.48. The van der Waals surface area contributed by atoms with Gasteiger partial charge in [-0.2, -0.15) is 9.97 Å².